The molecule has 0 fully saturated rings. The molecule has 0 spiro atoms. The van der Waals surface area contributed by atoms with E-state index < -0.39 is 5.60 Å². The van der Waals surface area contributed by atoms with Crippen LogP contribution in [0.3, 0.4) is 0 Å². The molecule has 0 unspecified atom stereocenters. The van der Waals surface area contributed by atoms with Crippen molar-refractivity contribution in [2.45, 2.75) is 51.0 Å². The number of rotatable bonds is 8. The van der Waals surface area contributed by atoms with Crippen LogP contribution in [0.2, 0.25) is 0 Å². The summed E-state index contributed by atoms with van der Waals surface area (Å²) in [5, 5.41) is 2.78. The van der Waals surface area contributed by atoms with Crippen molar-refractivity contribution in [1.29, 1.82) is 0 Å². The van der Waals surface area contributed by atoms with Gasteiger partial charge in [-0.3, -0.25) is 4.79 Å². The van der Waals surface area contributed by atoms with E-state index in [9.17, 15) is 4.79 Å². The SMILES string of the molecule is CC(=O)Nc1ccc(SCCCCOc2cc(C)c3c(c2)C(C)(C)OC=N3)cc1. The van der Waals surface area contributed by atoms with Crippen molar-refractivity contribution in [3.63, 3.8) is 0 Å². The second kappa shape index (κ2) is 9.35. The highest BCUT2D eigenvalue weighted by Gasteiger charge is 2.29. The van der Waals surface area contributed by atoms with Gasteiger partial charge in [-0.2, -0.15) is 0 Å². The molecule has 6 heteroatoms. The minimum atomic E-state index is -0.395. The van der Waals surface area contributed by atoms with E-state index in [-0.39, 0.29) is 5.91 Å². The third kappa shape index (κ3) is 5.76. The minimum absolute atomic E-state index is 0.0525. The summed E-state index contributed by atoms with van der Waals surface area (Å²) in [5.74, 6) is 1.85. The van der Waals surface area contributed by atoms with Gasteiger partial charge in [0.05, 0.1) is 12.3 Å². The summed E-state index contributed by atoms with van der Waals surface area (Å²) in [6.07, 6.45) is 3.59. The number of nitrogens with zero attached hydrogens (tertiary/aromatic N) is 1. The average Bonchev–Trinajstić information content (AvgIpc) is 2.66. The number of ether oxygens (including phenoxy) is 2. The number of benzene rings is 2. The van der Waals surface area contributed by atoms with Crippen molar-refractivity contribution in [3.8, 4) is 5.75 Å². The number of hydrogen-bond acceptors (Lipinski definition) is 5. The van der Waals surface area contributed by atoms with E-state index in [2.05, 4.69) is 17.2 Å². The summed E-state index contributed by atoms with van der Waals surface area (Å²) >= 11 is 1.81. The molecule has 0 atom stereocenters. The molecule has 1 amide bonds. The van der Waals surface area contributed by atoms with Crippen molar-refractivity contribution in [1.82, 2.24) is 0 Å². The first-order chi connectivity index (χ1) is 13.8. The van der Waals surface area contributed by atoms with Crippen LogP contribution in [0, 0.1) is 6.92 Å². The summed E-state index contributed by atoms with van der Waals surface area (Å²) in [4.78, 5) is 16.6. The third-order valence-electron chi connectivity index (χ3n) is 4.70. The monoisotopic (exact) mass is 412 g/mol. The maximum Gasteiger partial charge on any atom is 0.221 e. The smallest absolute Gasteiger partial charge is 0.221 e. The summed E-state index contributed by atoms with van der Waals surface area (Å²) < 4.78 is 11.7. The van der Waals surface area contributed by atoms with Gasteiger partial charge in [-0.25, -0.2) is 4.99 Å². The highest BCUT2D eigenvalue weighted by molar-refractivity contribution is 7.99. The van der Waals surface area contributed by atoms with Crippen LogP contribution < -0.4 is 10.1 Å². The fraction of sp³-hybridized carbons (Fsp3) is 0.391. The van der Waals surface area contributed by atoms with Gasteiger partial charge in [0, 0.05) is 23.1 Å². The molecule has 0 radical (unpaired) electrons. The first-order valence-electron chi connectivity index (χ1n) is 9.84. The van der Waals surface area contributed by atoms with Gasteiger partial charge in [-0.15, -0.1) is 11.8 Å². The molecule has 1 aliphatic rings. The lowest BCUT2D eigenvalue weighted by atomic mass is 9.93. The van der Waals surface area contributed by atoms with Gasteiger partial charge in [0.2, 0.25) is 5.91 Å². The Kier molecular flexibility index (Phi) is 6.85. The number of fused-ring (bicyclic) bond motifs is 1. The number of carbonyl (C=O) groups is 1. The zero-order chi connectivity index (χ0) is 20.9. The normalized spacial score (nSPS) is 14.1. The molecule has 154 valence electrons. The van der Waals surface area contributed by atoms with E-state index in [0.29, 0.717) is 6.61 Å². The molecule has 2 aromatic carbocycles. The summed E-state index contributed by atoms with van der Waals surface area (Å²) in [7, 11) is 0. The molecule has 2 aromatic rings. The first-order valence-corrected chi connectivity index (χ1v) is 10.8. The molecule has 1 N–H and O–H groups in total. The van der Waals surface area contributed by atoms with Gasteiger partial charge in [0.25, 0.3) is 0 Å². The molecule has 29 heavy (non-hydrogen) atoms. The Hall–Kier alpha value is -2.47. The van der Waals surface area contributed by atoms with Gasteiger partial charge < -0.3 is 14.8 Å². The fourth-order valence-electron chi connectivity index (χ4n) is 3.16. The lowest BCUT2D eigenvalue weighted by molar-refractivity contribution is -0.114. The third-order valence-corrected chi connectivity index (χ3v) is 5.80. The summed E-state index contributed by atoms with van der Waals surface area (Å²) in [6.45, 7) is 8.34. The van der Waals surface area contributed by atoms with E-state index in [0.717, 1.165) is 46.8 Å². The maximum absolute atomic E-state index is 11.1. The number of amides is 1. The van der Waals surface area contributed by atoms with Gasteiger partial charge in [-0.1, -0.05) is 0 Å². The molecule has 5 nitrogen and oxygen atoms in total. The van der Waals surface area contributed by atoms with Gasteiger partial charge in [-0.05, 0) is 81.3 Å². The maximum atomic E-state index is 11.1. The van der Waals surface area contributed by atoms with Gasteiger partial charge in [0.1, 0.15) is 11.4 Å². The number of thioether (sulfide) groups is 1. The molecule has 0 aliphatic carbocycles. The van der Waals surface area contributed by atoms with Crippen LogP contribution in [0.25, 0.3) is 0 Å². The lowest BCUT2D eigenvalue weighted by Gasteiger charge is -2.30. The van der Waals surface area contributed by atoms with E-state index in [1.807, 2.05) is 62.0 Å². The molecular weight excluding hydrogens is 384 g/mol. The quantitative estimate of drug-likeness (QED) is 0.438. The number of unbranched alkanes of at least 4 members (excludes halogenated alkanes) is 1. The van der Waals surface area contributed by atoms with Crippen LogP contribution >= 0.6 is 11.8 Å². The van der Waals surface area contributed by atoms with Crippen LogP contribution in [-0.2, 0) is 15.1 Å². The van der Waals surface area contributed by atoms with Crippen LogP contribution in [0.5, 0.6) is 5.75 Å². The second-order valence-electron chi connectivity index (χ2n) is 7.61. The Balaban J connectivity index is 1.43. The molecule has 1 aliphatic heterocycles. The lowest BCUT2D eigenvalue weighted by Crippen LogP contribution is -2.24. The molecule has 0 saturated heterocycles. The minimum Gasteiger partial charge on any atom is -0.494 e. The number of nitrogens with one attached hydrogen (secondary N) is 1. The van der Waals surface area contributed by atoms with Crippen LogP contribution in [0.1, 0.15) is 44.7 Å². The Morgan fingerprint density at radius 1 is 1.21 bits per heavy atom. The Bertz CT molecular complexity index is 892. The van der Waals surface area contributed by atoms with E-state index in [1.54, 1.807) is 0 Å². The summed E-state index contributed by atoms with van der Waals surface area (Å²) in [6, 6.07) is 12.0. The average molecular weight is 413 g/mol. The number of aliphatic imine (C=N–C) groups is 1. The standard InChI is InChI=1S/C23H28N2O3S/c1-16-13-19(14-21-22(16)24-15-28-23(21,3)4)27-11-5-6-12-29-20-9-7-18(8-10-20)25-17(2)26/h7-10,13-15H,5-6,11-12H2,1-4H3,(H,25,26). The van der Waals surface area contributed by atoms with Gasteiger partial charge in [0.15, 0.2) is 6.40 Å². The Morgan fingerprint density at radius 3 is 2.69 bits per heavy atom. The highest BCUT2D eigenvalue weighted by atomic mass is 32.2. The molecule has 1 heterocycles. The van der Waals surface area contributed by atoms with E-state index >= 15 is 0 Å². The molecule has 0 aromatic heterocycles. The number of carbonyl (C=O) groups excluding carboxylic acids is 1. The fourth-order valence-corrected chi connectivity index (χ4v) is 4.07. The van der Waals surface area contributed by atoms with Crippen LogP contribution in [0.4, 0.5) is 11.4 Å². The topological polar surface area (TPSA) is 59.9 Å². The van der Waals surface area contributed by atoms with Gasteiger partial charge >= 0.3 is 0 Å². The predicted molar refractivity (Wildman–Crippen MR) is 120 cm³/mol. The number of aryl methyl sites for hydroxylation is 1. The number of hydrogen-bond donors (Lipinski definition) is 1. The van der Waals surface area contributed by atoms with Crippen molar-refractivity contribution in [2.75, 3.05) is 17.7 Å². The van der Waals surface area contributed by atoms with Crippen molar-refractivity contribution >= 4 is 35.4 Å². The van der Waals surface area contributed by atoms with Crippen molar-refractivity contribution in [2.24, 2.45) is 4.99 Å². The number of anilines is 1. The molecule has 0 bridgehead atoms. The zero-order valence-corrected chi connectivity index (χ0v) is 18.3. The van der Waals surface area contributed by atoms with Crippen molar-refractivity contribution < 1.29 is 14.3 Å². The zero-order valence-electron chi connectivity index (χ0n) is 17.5. The van der Waals surface area contributed by atoms with E-state index in [1.165, 1.54) is 18.2 Å². The largest absolute Gasteiger partial charge is 0.494 e. The van der Waals surface area contributed by atoms with Crippen LogP contribution in [-0.4, -0.2) is 24.7 Å². The summed E-state index contributed by atoms with van der Waals surface area (Å²) in [5.41, 5.74) is 3.58. The van der Waals surface area contributed by atoms with Crippen LogP contribution in [0.15, 0.2) is 46.3 Å². The first kappa shape index (κ1) is 21.2. The highest BCUT2D eigenvalue weighted by Crippen LogP contribution is 2.40. The molecule has 0 saturated carbocycles. The Labute approximate surface area is 176 Å². The second-order valence-corrected chi connectivity index (χ2v) is 8.78. The van der Waals surface area contributed by atoms with E-state index in [4.69, 9.17) is 9.47 Å². The molecular formula is C23H28N2O3S. The molecule has 3 rings (SSSR count). The Morgan fingerprint density at radius 2 is 1.97 bits per heavy atom. The predicted octanol–water partition coefficient (Wildman–Crippen LogP) is 5.83. The van der Waals surface area contributed by atoms with Crippen molar-refractivity contribution in [3.05, 3.63) is 47.5 Å².